The lowest BCUT2D eigenvalue weighted by molar-refractivity contribution is -0.153. The molecule has 0 aromatic heterocycles. The average molecular weight is 607 g/mol. The molecule has 3 amide bonds. The van der Waals surface area contributed by atoms with Crippen molar-refractivity contribution in [3.05, 3.63) is 0 Å². The van der Waals surface area contributed by atoms with E-state index in [-0.39, 0.29) is 31.2 Å². The van der Waals surface area contributed by atoms with Crippen LogP contribution in [0.25, 0.3) is 0 Å². The Bertz CT molecular complexity index is 591. The molecule has 254 valence electrons. The predicted molar refractivity (Wildman–Crippen MR) is 185 cm³/mol. The van der Waals surface area contributed by atoms with E-state index in [0.29, 0.717) is 0 Å². The molecule has 0 radical (unpaired) electrons. The maximum Gasteiger partial charge on any atom is 0.249 e. The summed E-state index contributed by atoms with van der Waals surface area (Å²) in [7, 11) is 0. The van der Waals surface area contributed by atoms with Gasteiger partial charge in [0.2, 0.25) is 17.7 Å². The van der Waals surface area contributed by atoms with Crippen LogP contribution in [0.5, 0.6) is 0 Å². The van der Waals surface area contributed by atoms with Crippen molar-refractivity contribution in [3.63, 3.8) is 0 Å². The van der Waals surface area contributed by atoms with Gasteiger partial charge in [-0.05, 0) is 12.8 Å². The van der Waals surface area contributed by atoms with E-state index in [1.165, 1.54) is 154 Å². The van der Waals surface area contributed by atoms with Gasteiger partial charge in [-0.2, -0.15) is 0 Å². The average Bonchev–Trinajstić information content (AvgIpc) is 3.01. The van der Waals surface area contributed by atoms with E-state index < -0.39 is 5.91 Å². The Kier molecular flexibility index (Phi) is 32.7. The topological polar surface area (TPSA) is 80.5 Å². The highest BCUT2D eigenvalue weighted by Gasteiger charge is 2.26. The normalized spacial score (nSPS) is 11.2. The number of nitrogens with zero attached hydrogens (tertiary/aromatic N) is 1. The first kappa shape index (κ1) is 41.8. The minimum Gasteiger partial charge on any atom is -0.322 e. The Balaban J connectivity index is 3.77. The smallest absolute Gasteiger partial charge is 0.249 e. The first-order chi connectivity index (χ1) is 21.1. The van der Waals surface area contributed by atoms with Gasteiger partial charge in [0.1, 0.15) is 0 Å². The molecular weight excluding hydrogens is 532 g/mol. The standard InChI is InChI=1S/C38H74N2O3/c1-3-5-7-9-11-13-15-17-19-21-23-25-27-29-31-33-36(41)40(38(43)35-39)37(42)34-32-30-28-26-24-22-20-18-16-14-12-10-8-6-4-2/h3-35,39H2,1-2H3. The summed E-state index contributed by atoms with van der Waals surface area (Å²) < 4.78 is 0. The van der Waals surface area contributed by atoms with Crippen LogP contribution in [0.3, 0.4) is 0 Å². The van der Waals surface area contributed by atoms with Gasteiger partial charge in [0.05, 0.1) is 6.54 Å². The zero-order valence-electron chi connectivity index (χ0n) is 29.1. The number of rotatable bonds is 33. The highest BCUT2D eigenvalue weighted by molar-refractivity contribution is 6.11. The molecule has 0 atom stereocenters. The summed E-state index contributed by atoms with van der Waals surface area (Å²) in [6.07, 6.45) is 38.5. The molecule has 0 fully saturated rings. The minimum atomic E-state index is -0.558. The lowest BCUT2D eigenvalue weighted by Gasteiger charge is -2.18. The molecular formula is C38H74N2O3. The fourth-order valence-electron chi connectivity index (χ4n) is 6.03. The van der Waals surface area contributed by atoms with E-state index in [1.807, 2.05) is 0 Å². The van der Waals surface area contributed by atoms with Gasteiger partial charge >= 0.3 is 0 Å². The molecule has 0 unspecified atom stereocenters. The summed E-state index contributed by atoms with van der Waals surface area (Å²) in [5, 5.41) is 0. The van der Waals surface area contributed by atoms with Crippen LogP contribution >= 0.6 is 0 Å². The largest absolute Gasteiger partial charge is 0.322 e. The molecule has 2 N–H and O–H groups in total. The number of hydrogen-bond donors (Lipinski definition) is 1. The summed E-state index contributed by atoms with van der Waals surface area (Å²) in [4.78, 5) is 38.5. The Hall–Kier alpha value is -1.23. The number of hydrogen-bond acceptors (Lipinski definition) is 4. The maximum absolute atomic E-state index is 12.7. The third-order valence-corrected chi connectivity index (χ3v) is 8.91. The minimum absolute atomic E-state index is 0.259. The van der Waals surface area contributed by atoms with Crippen LogP contribution in [0.4, 0.5) is 0 Å². The molecule has 0 aromatic rings. The molecule has 0 spiro atoms. The van der Waals surface area contributed by atoms with Crippen molar-refractivity contribution in [1.29, 1.82) is 0 Å². The van der Waals surface area contributed by atoms with Crippen molar-refractivity contribution in [2.24, 2.45) is 5.73 Å². The predicted octanol–water partition coefficient (Wildman–Crippen LogP) is 11.3. The summed E-state index contributed by atoms with van der Waals surface area (Å²) >= 11 is 0. The molecule has 0 bridgehead atoms. The van der Waals surface area contributed by atoms with Crippen LogP contribution in [0.15, 0.2) is 0 Å². The van der Waals surface area contributed by atoms with Gasteiger partial charge in [-0.1, -0.05) is 194 Å². The monoisotopic (exact) mass is 607 g/mol. The van der Waals surface area contributed by atoms with E-state index in [0.717, 1.165) is 43.4 Å². The van der Waals surface area contributed by atoms with E-state index in [4.69, 9.17) is 5.73 Å². The number of imide groups is 3. The first-order valence-corrected chi connectivity index (χ1v) is 19.2. The fourth-order valence-corrected chi connectivity index (χ4v) is 6.03. The Morgan fingerprint density at radius 2 is 0.558 bits per heavy atom. The second-order valence-electron chi connectivity index (χ2n) is 13.1. The molecule has 0 aliphatic carbocycles. The van der Waals surface area contributed by atoms with Gasteiger partial charge in [0, 0.05) is 12.8 Å². The van der Waals surface area contributed by atoms with Crippen molar-refractivity contribution < 1.29 is 14.4 Å². The van der Waals surface area contributed by atoms with Crippen molar-refractivity contribution >= 4 is 17.7 Å². The first-order valence-electron chi connectivity index (χ1n) is 19.2. The molecule has 5 nitrogen and oxygen atoms in total. The van der Waals surface area contributed by atoms with E-state index in [1.54, 1.807) is 0 Å². The third kappa shape index (κ3) is 28.0. The Morgan fingerprint density at radius 1 is 0.349 bits per heavy atom. The van der Waals surface area contributed by atoms with Crippen LogP contribution in [0.2, 0.25) is 0 Å². The summed E-state index contributed by atoms with van der Waals surface area (Å²) in [5.74, 6) is -1.29. The lowest BCUT2D eigenvalue weighted by atomic mass is 10.0. The van der Waals surface area contributed by atoms with Crippen LogP contribution in [-0.2, 0) is 14.4 Å². The second-order valence-corrected chi connectivity index (χ2v) is 13.1. The van der Waals surface area contributed by atoms with Crippen molar-refractivity contribution in [1.82, 2.24) is 4.90 Å². The second kappa shape index (κ2) is 33.7. The highest BCUT2D eigenvalue weighted by atomic mass is 16.2. The number of amides is 3. The van der Waals surface area contributed by atoms with Crippen LogP contribution < -0.4 is 5.73 Å². The third-order valence-electron chi connectivity index (χ3n) is 8.91. The van der Waals surface area contributed by atoms with Gasteiger partial charge in [-0.15, -0.1) is 0 Å². The van der Waals surface area contributed by atoms with Crippen molar-refractivity contribution in [2.45, 2.75) is 219 Å². The van der Waals surface area contributed by atoms with Gasteiger partial charge in [-0.3, -0.25) is 14.4 Å². The van der Waals surface area contributed by atoms with Gasteiger partial charge in [0.15, 0.2) is 0 Å². The summed E-state index contributed by atoms with van der Waals surface area (Å²) in [6, 6.07) is 0. The molecule has 0 saturated carbocycles. The molecule has 43 heavy (non-hydrogen) atoms. The zero-order chi connectivity index (χ0) is 31.6. The lowest BCUT2D eigenvalue weighted by Crippen LogP contribution is -2.44. The quantitative estimate of drug-likeness (QED) is 0.0753. The van der Waals surface area contributed by atoms with Crippen LogP contribution in [0, 0.1) is 0 Å². The molecule has 5 heteroatoms. The van der Waals surface area contributed by atoms with E-state index >= 15 is 0 Å². The molecule has 0 aliphatic heterocycles. The van der Waals surface area contributed by atoms with Crippen molar-refractivity contribution in [3.8, 4) is 0 Å². The molecule has 0 aliphatic rings. The molecule has 0 rings (SSSR count). The van der Waals surface area contributed by atoms with Gasteiger partial charge in [0.25, 0.3) is 0 Å². The zero-order valence-corrected chi connectivity index (χ0v) is 29.1. The van der Waals surface area contributed by atoms with Gasteiger partial charge in [-0.25, -0.2) is 4.90 Å². The number of unbranched alkanes of at least 4 members (excludes halogenated alkanes) is 28. The van der Waals surface area contributed by atoms with E-state index in [9.17, 15) is 14.4 Å². The Labute approximate surface area is 268 Å². The van der Waals surface area contributed by atoms with E-state index in [2.05, 4.69) is 13.8 Å². The van der Waals surface area contributed by atoms with Gasteiger partial charge < -0.3 is 5.73 Å². The summed E-state index contributed by atoms with van der Waals surface area (Å²) in [5.41, 5.74) is 5.52. The summed E-state index contributed by atoms with van der Waals surface area (Å²) in [6.45, 7) is 4.24. The highest BCUT2D eigenvalue weighted by Crippen LogP contribution is 2.16. The number of carbonyl (C=O) groups excluding carboxylic acids is 3. The molecule has 0 aromatic carbocycles. The SMILES string of the molecule is CCCCCCCCCCCCCCCCCC(=O)N(C(=O)CN)C(=O)CCCCCCCCCCCCCCCCC. The Morgan fingerprint density at radius 3 is 0.767 bits per heavy atom. The maximum atomic E-state index is 12.7. The molecule has 0 heterocycles. The van der Waals surface area contributed by atoms with Crippen LogP contribution in [-0.4, -0.2) is 29.2 Å². The fraction of sp³-hybridized carbons (Fsp3) is 0.921. The van der Waals surface area contributed by atoms with Crippen LogP contribution in [0.1, 0.15) is 219 Å². The number of carbonyl (C=O) groups is 3. The number of nitrogens with two attached hydrogens (primary N) is 1. The van der Waals surface area contributed by atoms with Crippen molar-refractivity contribution in [2.75, 3.05) is 6.54 Å². The molecule has 0 saturated heterocycles.